The van der Waals surface area contributed by atoms with Gasteiger partial charge in [0.15, 0.2) is 0 Å². The van der Waals surface area contributed by atoms with Gasteiger partial charge in [0.05, 0.1) is 5.56 Å². The van der Waals surface area contributed by atoms with Gasteiger partial charge in [0.25, 0.3) is 5.91 Å². The van der Waals surface area contributed by atoms with Crippen LogP contribution in [-0.2, 0) is 0 Å². The molecule has 1 heterocycles. The van der Waals surface area contributed by atoms with Crippen LogP contribution in [0.5, 0.6) is 0 Å². The Hall–Kier alpha value is -1.58. The van der Waals surface area contributed by atoms with E-state index >= 15 is 0 Å². The molecule has 1 aliphatic rings. The molecule has 19 heavy (non-hydrogen) atoms. The van der Waals surface area contributed by atoms with Crippen molar-refractivity contribution in [2.24, 2.45) is 5.92 Å². The summed E-state index contributed by atoms with van der Waals surface area (Å²) in [5, 5.41) is 6.14. The van der Waals surface area contributed by atoms with Crippen molar-refractivity contribution in [3.63, 3.8) is 0 Å². The fraction of sp³-hybridized carbons (Fsp3) is 0.600. The molecular formula is C15H23N3O. The van der Waals surface area contributed by atoms with E-state index in [9.17, 15) is 4.79 Å². The summed E-state index contributed by atoms with van der Waals surface area (Å²) in [5.41, 5.74) is 0.609. The maximum atomic E-state index is 11.6. The predicted molar refractivity (Wildman–Crippen MR) is 77.3 cm³/mol. The van der Waals surface area contributed by atoms with Gasteiger partial charge in [-0.1, -0.05) is 12.8 Å². The second-order valence-electron chi connectivity index (χ2n) is 5.36. The summed E-state index contributed by atoms with van der Waals surface area (Å²) in [6, 6.07) is 4.12. The zero-order chi connectivity index (χ0) is 13.7. The molecule has 1 aromatic rings. The normalized spacial score (nSPS) is 15.9. The molecule has 104 valence electrons. The number of hydrogen-bond donors (Lipinski definition) is 2. The van der Waals surface area contributed by atoms with Gasteiger partial charge < -0.3 is 10.6 Å². The van der Waals surface area contributed by atoms with Crippen molar-refractivity contribution in [1.29, 1.82) is 0 Å². The van der Waals surface area contributed by atoms with Crippen LogP contribution in [0.2, 0.25) is 0 Å². The molecule has 0 bridgehead atoms. The van der Waals surface area contributed by atoms with Crippen LogP contribution < -0.4 is 10.6 Å². The van der Waals surface area contributed by atoms with Crippen molar-refractivity contribution >= 4 is 11.7 Å². The van der Waals surface area contributed by atoms with Crippen molar-refractivity contribution in [2.75, 3.05) is 11.9 Å². The Labute approximate surface area is 115 Å². The quantitative estimate of drug-likeness (QED) is 0.793. The first-order valence-electron chi connectivity index (χ1n) is 7.19. The Balaban J connectivity index is 1.81. The average Bonchev–Trinajstić information content (AvgIpc) is 3.21. The fourth-order valence-corrected chi connectivity index (χ4v) is 2.09. The molecule has 1 unspecified atom stereocenters. The SMILES string of the molecule is CCNC(=O)c1ccc(NC(C)CCC2CC2)nc1. The first kappa shape index (κ1) is 13.8. The highest BCUT2D eigenvalue weighted by atomic mass is 16.1. The minimum absolute atomic E-state index is 0.0664. The zero-order valence-electron chi connectivity index (χ0n) is 11.8. The van der Waals surface area contributed by atoms with E-state index in [0.717, 1.165) is 11.7 Å². The average molecular weight is 261 g/mol. The van der Waals surface area contributed by atoms with Crippen molar-refractivity contribution in [3.8, 4) is 0 Å². The molecule has 0 aromatic carbocycles. The van der Waals surface area contributed by atoms with E-state index in [2.05, 4.69) is 22.5 Å². The smallest absolute Gasteiger partial charge is 0.252 e. The number of nitrogens with zero attached hydrogens (tertiary/aromatic N) is 1. The number of amides is 1. The van der Waals surface area contributed by atoms with E-state index in [0.29, 0.717) is 18.2 Å². The zero-order valence-corrected chi connectivity index (χ0v) is 11.8. The minimum atomic E-state index is -0.0664. The molecule has 1 fully saturated rings. The van der Waals surface area contributed by atoms with Crippen LogP contribution in [-0.4, -0.2) is 23.5 Å². The van der Waals surface area contributed by atoms with Crippen molar-refractivity contribution in [3.05, 3.63) is 23.9 Å². The number of aromatic nitrogens is 1. The number of nitrogens with one attached hydrogen (secondary N) is 2. The minimum Gasteiger partial charge on any atom is -0.368 e. The molecule has 0 saturated heterocycles. The van der Waals surface area contributed by atoms with Crippen LogP contribution in [0, 0.1) is 5.92 Å². The highest BCUT2D eigenvalue weighted by molar-refractivity contribution is 5.93. The largest absolute Gasteiger partial charge is 0.368 e. The van der Waals surface area contributed by atoms with Gasteiger partial charge in [-0.3, -0.25) is 4.79 Å². The monoisotopic (exact) mass is 261 g/mol. The van der Waals surface area contributed by atoms with E-state index in [1.54, 1.807) is 6.20 Å². The van der Waals surface area contributed by atoms with Gasteiger partial charge in [0.1, 0.15) is 5.82 Å². The highest BCUT2D eigenvalue weighted by Crippen LogP contribution is 2.34. The Morgan fingerprint density at radius 2 is 2.26 bits per heavy atom. The van der Waals surface area contributed by atoms with Gasteiger partial charge in [-0.2, -0.15) is 0 Å². The molecule has 0 aliphatic heterocycles. The van der Waals surface area contributed by atoms with E-state index < -0.39 is 0 Å². The predicted octanol–water partition coefficient (Wildman–Crippen LogP) is 2.82. The van der Waals surface area contributed by atoms with Gasteiger partial charge >= 0.3 is 0 Å². The number of rotatable bonds is 7. The number of carbonyl (C=O) groups is 1. The molecule has 1 amide bonds. The lowest BCUT2D eigenvalue weighted by Crippen LogP contribution is -2.23. The molecule has 4 heteroatoms. The van der Waals surface area contributed by atoms with Crippen molar-refractivity contribution < 1.29 is 4.79 Å². The lowest BCUT2D eigenvalue weighted by Gasteiger charge is -2.14. The van der Waals surface area contributed by atoms with E-state index in [4.69, 9.17) is 0 Å². The summed E-state index contributed by atoms with van der Waals surface area (Å²) < 4.78 is 0. The number of pyridine rings is 1. The highest BCUT2D eigenvalue weighted by Gasteiger charge is 2.21. The summed E-state index contributed by atoms with van der Waals surface area (Å²) in [6.45, 7) is 4.72. The van der Waals surface area contributed by atoms with E-state index in [1.807, 2.05) is 19.1 Å². The van der Waals surface area contributed by atoms with Crippen LogP contribution in [0.25, 0.3) is 0 Å². The second kappa shape index (κ2) is 6.55. The summed E-state index contributed by atoms with van der Waals surface area (Å²) >= 11 is 0. The Kier molecular flexibility index (Phi) is 4.77. The van der Waals surface area contributed by atoms with Gasteiger partial charge in [-0.15, -0.1) is 0 Å². The summed E-state index contributed by atoms with van der Waals surface area (Å²) in [6.07, 6.45) is 6.94. The van der Waals surface area contributed by atoms with Crippen molar-refractivity contribution in [2.45, 2.75) is 45.6 Å². The third-order valence-electron chi connectivity index (χ3n) is 3.46. The second-order valence-corrected chi connectivity index (χ2v) is 5.36. The van der Waals surface area contributed by atoms with Crippen LogP contribution in [0.1, 0.15) is 49.9 Å². The van der Waals surface area contributed by atoms with Gasteiger partial charge in [0, 0.05) is 18.8 Å². The number of hydrogen-bond acceptors (Lipinski definition) is 3. The van der Waals surface area contributed by atoms with Crippen LogP contribution in [0.3, 0.4) is 0 Å². The molecule has 1 aromatic heterocycles. The first-order chi connectivity index (χ1) is 9.19. The molecule has 1 aliphatic carbocycles. The molecular weight excluding hydrogens is 238 g/mol. The molecule has 2 rings (SSSR count). The maximum Gasteiger partial charge on any atom is 0.252 e. The van der Waals surface area contributed by atoms with Gasteiger partial charge in [0.2, 0.25) is 0 Å². The molecule has 0 radical (unpaired) electrons. The summed E-state index contributed by atoms with van der Waals surface area (Å²) in [5.74, 6) is 1.75. The molecule has 4 nitrogen and oxygen atoms in total. The molecule has 0 spiro atoms. The van der Waals surface area contributed by atoms with Gasteiger partial charge in [-0.25, -0.2) is 4.98 Å². The maximum absolute atomic E-state index is 11.6. The lowest BCUT2D eigenvalue weighted by atomic mass is 10.1. The topological polar surface area (TPSA) is 54.0 Å². The third-order valence-corrected chi connectivity index (χ3v) is 3.46. The summed E-state index contributed by atoms with van der Waals surface area (Å²) in [7, 11) is 0. The third kappa shape index (κ3) is 4.54. The molecule has 2 N–H and O–H groups in total. The van der Waals surface area contributed by atoms with E-state index in [-0.39, 0.29) is 5.91 Å². The number of anilines is 1. The number of carbonyl (C=O) groups excluding carboxylic acids is 1. The molecule has 1 saturated carbocycles. The molecule has 1 atom stereocenters. The van der Waals surface area contributed by atoms with Crippen molar-refractivity contribution in [1.82, 2.24) is 10.3 Å². The fourth-order valence-electron chi connectivity index (χ4n) is 2.09. The lowest BCUT2D eigenvalue weighted by molar-refractivity contribution is 0.0955. The van der Waals surface area contributed by atoms with E-state index in [1.165, 1.54) is 25.7 Å². The van der Waals surface area contributed by atoms with Crippen LogP contribution in [0.4, 0.5) is 5.82 Å². The standard InChI is InChI=1S/C15H23N3O/c1-3-16-15(19)13-8-9-14(17-10-13)18-11(2)4-5-12-6-7-12/h8-12H,3-7H2,1-2H3,(H,16,19)(H,17,18). The first-order valence-corrected chi connectivity index (χ1v) is 7.19. The Bertz CT molecular complexity index is 412. The van der Waals surface area contributed by atoms with Gasteiger partial charge in [-0.05, 0) is 44.7 Å². The van der Waals surface area contributed by atoms with Crippen LogP contribution >= 0.6 is 0 Å². The Morgan fingerprint density at radius 1 is 1.47 bits per heavy atom. The summed E-state index contributed by atoms with van der Waals surface area (Å²) in [4.78, 5) is 15.9. The van der Waals surface area contributed by atoms with Crippen LogP contribution in [0.15, 0.2) is 18.3 Å². The Morgan fingerprint density at radius 3 is 2.84 bits per heavy atom.